The molecule has 34 heavy (non-hydrogen) atoms. The lowest BCUT2D eigenvalue weighted by Crippen LogP contribution is -2.57. The molecule has 4 amide bonds. The number of rotatable bonds is 11. The van der Waals surface area contributed by atoms with Gasteiger partial charge < -0.3 is 43.2 Å². The average molecular weight is 483 g/mol. The highest BCUT2D eigenvalue weighted by atomic mass is 16.4. The van der Waals surface area contributed by atoms with E-state index in [0.29, 0.717) is 38.6 Å². The first-order chi connectivity index (χ1) is 16.0. The van der Waals surface area contributed by atoms with E-state index in [9.17, 15) is 29.1 Å². The van der Waals surface area contributed by atoms with E-state index in [1.807, 2.05) is 0 Å². The average Bonchev–Trinajstić information content (AvgIpc) is 3.44. The lowest BCUT2D eigenvalue weighted by molar-refractivity contribution is -0.152. The molecule has 4 atom stereocenters. The van der Waals surface area contributed by atoms with Crippen molar-refractivity contribution in [3.63, 3.8) is 0 Å². The van der Waals surface area contributed by atoms with Crippen molar-refractivity contribution >= 4 is 35.6 Å². The third-order valence-electron chi connectivity index (χ3n) is 5.97. The Hall–Kier alpha value is -3.42. The number of nitrogens with one attached hydrogen (secondary N) is 1. The summed E-state index contributed by atoms with van der Waals surface area (Å²) in [6.45, 7) is 0.805. The minimum Gasteiger partial charge on any atom is -0.480 e. The predicted molar refractivity (Wildman–Crippen MR) is 121 cm³/mol. The highest BCUT2D eigenvalue weighted by Gasteiger charge is 2.43. The maximum atomic E-state index is 13.2. The molecule has 14 nitrogen and oxygen atoms in total. The molecular weight excluding hydrogens is 448 g/mol. The molecule has 0 aromatic heterocycles. The molecule has 0 aromatic rings. The van der Waals surface area contributed by atoms with Gasteiger partial charge in [0.1, 0.15) is 18.1 Å². The monoisotopic (exact) mass is 482 g/mol. The molecule has 2 saturated heterocycles. The fourth-order valence-corrected chi connectivity index (χ4v) is 4.30. The minimum absolute atomic E-state index is 0.0801. The van der Waals surface area contributed by atoms with Crippen LogP contribution in [0.2, 0.25) is 0 Å². The summed E-state index contributed by atoms with van der Waals surface area (Å²) in [5.41, 5.74) is 21.7. The molecule has 0 saturated carbocycles. The molecule has 14 heteroatoms. The highest BCUT2D eigenvalue weighted by molar-refractivity contribution is 5.96. The van der Waals surface area contributed by atoms with Gasteiger partial charge in [-0.05, 0) is 38.5 Å². The maximum absolute atomic E-state index is 13.2. The van der Waals surface area contributed by atoms with Crippen LogP contribution in [0, 0.1) is 0 Å². The zero-order chi connectivity index (χ0) is 25.4. The fraction of sp³-hybridized carbons (Fsp3) is 0.700. The summed E-state index contributed by atoms with van der Waals surface area (Å²) in [5, 5.41) is 11.9. The number of primary amides is 1. The van der Waals surface area contributed by atoms with Gasteiger partial charge in [0.2, 0.25) is 23.6 Å². The molecule has 2 heterocycles. The van der Waals surface area contributed by atoms with Crippen molar-refractivity contribution in [3.05, 3.63) is 0 Å². The molecule has 0 spiro atoms. The number of aliphatic carboxylic acids is 1. The summed E-state index contributed by atoms with van der Waals surface area (Å²) in [7, 11) is 0. The molecule has 4 unspecified atom stereocenters. The first-order valence-corrected chi connectivity index (χ1v) is 11.3. The number of carboxylic acids is 1. The van der Waals surface area contributed by atoms with Crippen molar-refractivity contribution in [1.29, 1.82) is 0 Å². The van der Waals surface area contributed by atoms with E-state index >= 15 is 0 Å². The lowest BCUT2D eigenvalue weighted by atomic mass is 10.1. The Morgan fingerprint density at radius 3 is 2.21 bits per heavy atom. The maximum Gasteiger partial charge on any atom is 0.326 e. The van der Waals surface area contributed by atoms with Gasteiger partial charge in [-0.25, -0.2) is 4.79 Å². The van der Waals surface area contributed by atoms with Gasteiger partial charge >= 0.3 is 5.97 Å². The Balaban J connectivity index is 2.07. The van der Waals surface area contributed by atoms with Gasteiger partial charge in [0.15, 0.2) is 5.96 Å². The van der Waals surface area contributed by atoms with E-state index in [1.165, 1.54) is 9.80 Å². The van der Waals surface area contributed by atoms with Crippen LogP contribution in [0.3, 0.4) is 0 Å². The van der Waals surface area contributed by atoms with Crippen LogP contribution in [0.1, 0.15) is 44.9 Å². The van der Waals surface area contributed by atoms with Crippen molar-refractivity contribution in [2.45, 2.75) is 69.1 Å². The van der Waals surface area contributed by atoms with Gasteiger partial charge in [-0.1, -0.05) is 0 Å². The van der Waals surface area contributed by atoms with Crippen LogP contribution in [0.15, 0.2) is 4.99 Å². The second-order valence-electron chi connectivity index (χ2n) is 8.50. The third-order valence-corrected chi connectivity index (χ3v) is 5.97. The van der Waals surface area contributed by atoms with Crippen LogP contribution in [-0.4, -0.2) is 94.3 Å². The SMILES string of the molecule is NC(=O)CC(NC(=O)C(N)CCCN=C(N)N)C(=O)N1CCCC1C(=O)N1CCCC1C(=O)O. The topological polar surface area (TPSA) is 241 Å². The lowest BCUT2D eigenvalue weighted by Gasteiger charge is -2.32. The predicted octanol–water partition coefficient (Wildman–Crippen LogP) is -3.21. The Labute approximate surface area is 197 Å². The van der Waals surface area contributed by atoms with E-state index in [1.54, 1.807) is 0 Å². The number of carbonyl (C=O) groups is 5. The molecule has 0 aromatic carbocycles. The number of likely N-dealkylation sites (tertiary alicyclic amines) is 2. The van der Waals surface area contributed by atoms with E-state index in [2.05, 4.69) is 10.3 Å². The van der Waals surface area contributed by atoms with E-state index in [0.717, 1.165) is 0 Å². The van der Waals surface area contributed by atoms with Crippen molar-refractivity contribution < 1.29 is 29.1 Å². The summed E-state index contributed by atoms with van der Waals surface area (Å²) in [4.78, 5) is 68.3. The number of amides is 4. The Kier molecular flexibility index (Phi) is 9.59. The molecule has 2 rings (SSSR count). The van der Waals surface area contributed by atoms with Crippen LogP contribution >= 0.6 is 0 Å². The first-order valence-electron chi connectivity index (χ1n) is 11.3. The zero-order valence-electron chi connectivity index (χ0n) is 19.0. The number of nitrogens with two attached hydrogens (primary N) is 4. The number of aliphatic imine (C=N–C) groups is 1. The van der Waals surface area contributed by atoms with Crippen molar-refractivity contribution in [2.75, 3.05) is 19.6 Å². The molecule has 2 aliphatic rings. The van der Waals surface area contributed by atoms with Gasteiger partial charge in [-0.15, -0.1) is 0 Å². The standard InChI is InChI=1S/C20H34N8O6/c21-11(4-1-7-25-20(23)24)16(30)26-12(10-15(22)29)17(31)27-8-2-5-13(27)18(32)28-9-3-6-14(28)19(33)34/h11-14H,1-10,21H2,(H2,22,29)(H,26,30)(H,33,34)(H4,23,24,25). The number of hydrogen-bond acceptors (Lipinski definition) is 7. The van der Waals surface area contributed by atoms with Crippen molar-refractivity contribution in [1.82, 2.24) is 15.1 Å². The summed E-state index contributed by atoms with van der Waals surface area (Å²) in [5.74, 6) is -3.72. The molecule has 0 bridgehead atoms. The second-order valence-corrected chi connectivity index (χ2v) is 8.50. The van der Waals surface area contributed by atoms with Crippen LogP contribution < -0.4 is 28.3 Å². The van der Waals surface area contributed by atoms with Crippen LogP contribution in [0.25, 0.3) is 0 Å². The molecule has 10 N–H and O–H groups in total. The highest BCUT2D eigenvalue weighted by Crippen LogP contribution is 2.25. The van der Waals surface area contributed by atoms with Crippen LogP contribution in [0.4, 0.5) is 0 Å². The van der Waals surface area contributed by atoms with Crippen LogP contribution in [-0.2, 0) is 24.0 Å². The molecule has 190 valence electrons. The van der Waals surface area contributed by atoms with Gasteiger partial charge in [-0.3, -0.25) is 24.2 Å². The largest absolute Gasteiger partial charge is 0.480 e. The van der Waals surface area contributed by atoms with E-state index in [-0.39, 0.29) is 25.5 Å². The molecular formula is C20H34N8O6. The molecule has 0 radical (unpaired) electrons. The normalized spacial score (nSPS) is 21.6. The Morgan fingerprint density at radius 1 is 1.00 bits per heavy atom. The summed E-state index contributed by atoms with van der Waals surface area (Å²) >= 11 is 0. The van der Waals surface area contributed by atoms with E-state index < -0.39 is 60.2 Å². The Bertz CT molecular complexity index is 830. The van der Waals surface area contributed by atoms with Crippen molar-refractivity contribution in [3.8, 4) is 0 Å². The van der Waals surface area contributed by atoms with Gasteiger partial charge in [0.25, 0.3) is 0 Å². The number of guanidine groups is 1. The van der Waals surface area contributed by atoms with Crippen molar-refractivity contribution in [2.24, 2.45) is 27.9 Å². The minimum atomic E-state index is -1.30. The summed E-state index contributed by atoms with van der Waals surface area (Å²) in [6.07, 6.45) is 1.98. The number of nitrogens with zero attached hydrogens (tertiary/aromatic N) is 3. The Morgan fingerprint density at radius 2 is 1.62 bits per heavy atom. The number of hydrogen-bond donors (Lipinski definition) is 6. The molecule has 0 aliphatic carbocycles. The van der Waals surface area contributed by atoms with Gasteiger partial charge in [0, 0.05) is 19.6 Å². The van der Waals surface area contributed by atoms with Gasteiger partial charge in [0.05, 0.1) is 12.5 Å². The summed E-state index contributed by atoms with van der Waals surface area (Å²) in [6, 6.07) is -4.07. The smallest absolute Gasteiger partial charge is 0.326 e. The molecule has 2 aliphatic heterocycles. The first kappa shape index (κ1) is 26.8. The summed E-state index contributed by atoms with van der Waals surface area (Å²) < 4.78 is 0. The quantitative estimate of drug-likeness (QED) is 0.0984. The zero-order valence-corrected chi connectivity index (χ0v) is 19.0. The van der Waals surface area contributed by atoms with E-state index in [4.69, 9.17) is 22.9 Å². The van der Waals surface area contributed by atoms with Gasteiger partial charge in [-0.2, -0.15) is 0 Å². The molecule has 2 fully saturated rings. The number of carbonyl (C=O) groups excluding carboxylic acids is 4. The number of carboxylic acid groups (broad SMARTS) is 1. The van der Waals surface area contributed by atoms with Crippen LogP contribution in [0.5, 0.6) is 0 Å². The second kappa shape index (κ2) is 12.2. The fourth-order valence-electron chi connectivity index (χ4n) is 4.30. The third kappa shape index (κ3) is 7.04.